The molecule has 1 aromatic heterocycles. The fourth-order valence-electron chi connectivity index (χ4n) is 3.39. The van der Waals surface area contributed by atoms with Gasteiger partial charge in [-0.2, -0.15) is 0 Å². The number of carbonyl (C=O) groups excluding carboxylic acids is 2. The van der Waals surface area contributed by atoms with Gasteiger partial charge in [-0.3, -0.25) is 14.6 Å². The maximum Gasteiger partial charge on any atom is 0.325 e. The van der Waals surface area contributed by atoms with Gasteiger partial charge in [-0.25, -0.2) is 9.78 Å². The molecule has 23 heavy (non-hydrogen) atoms. The van der Waals surface area contributed by atoms with Gasteiger partial charge in [0.05, 0.1) is 10.7 Å². The molecule has 0 bridgehead atoms. The van der Waals surface area contributed by atoms with Gasteiger partial charge in [-0.1, -0.05) is 6.92 Å². The Kier molecular flexibility index (Phi) is 4.42. The third kappa shape index (κ3) is 2.99. The van der Waals surface area contributed by atoms with Crippen molar-refractivity contribution in [3.05, 3.63) is 16.1 Å². The van der Waals surface area contributed by atoms with E-state index in [1.807, 2.05) is 13.8 Å². The number of aromatic nitrogens is 1. The molecule has 0 saturated carbocycles. The summed E-state index contributed by atoms with van der Waals surface area (Å²) >= 11 is 1.70. The Morgan fingerprint density at radius 1 is 1.43 bits per heavy atom. The van der Waals surface area contributed by atoms with Crippen LogP contribution in [0.1, 0.15) is 44.3 Å². The summed E-state index contributed by atoms with van der Waals surface area (Å²) in [7, 11) is 0. The Hall–Kier alpha value is -1.47. The lowest BCUT2D eigenvalue weighted by Crippen LogP contribution is -2.49. The van der Waals surface area contributed by atoms with Crippen molar-refractivity contribution in [3.8, 4) is 0 Å². The molecule has 2 aliphatic heterocycles. The van der Waals surface area contributed by atoms with Crippen LogP contribution in [0.3, 0.4) is 0 Å². The van der Waals surface area contributed by atoms with E-state index in [0.717, 1.165) is 31.6 Å². The topological polar surface area (TPSA) is 65.5 Å². The largest absolute Gasteiger partial charge is 0.325 e. The van der Waals surface area contributed by atoms with Gasteiger partial charge in [-0.15, -0.1) is 11.3 Å². The predicted molar refractivity (Wildman–Crippen MR) is 89.2 cm³/mol. The van der Waals surface area contributed by atoms with Gasteiger partial charge in [0.1, 0.15) is 5.54 Å². The van der Waals surface area contributed by atoms with Crippen LogP contribution in [0.4, 0.5) is 4.79 Å². The summed E-state index contributed by atoms with van der Waals surface area (Å²) in [6, 6.07) is -0.364. The first-order valence-corrected chi connectivity index (χ1v) is 9.14. The molecule has 0 unspecified atom stereocenters. The Morgan fingerprint density at radius 2 is 2.22 bits per heavy atom. The summed E-state index contributed by atoms with van der Waals surface area (Å²) in [4.78, 5) is 33.0. The molecule has 1 atom stereocenters. The van der Waals surface area contributed by atoms with Crippen LogP contribution < -0.4 is 5.32 Å². The number of thiazole rings is 1. The van der Waals surface area contributed by atoms with E-state index in [4.69, 9.17) is 0 Å². The normalized spacial score (nSPS) is 25.1. The number of nitrogens with one attached hydrogen (secondary N) is 1. The zero-order valence-corrected chi connectivity index (χ0v) is 14.8. The van der Waals surface area contributed by atoms with E-state index >= 15 is 0 Å². The van der Waals surface area contributed by atoms with Crippen LogP contribution in [-0.4, -0.2) is 51.4 Å². The number of imide groups is 1. The van der Waals surface area contributed by atoms with E-state index in [1.54, 1.807) is 11.3 Å². The molecular formula is C16H24N4O2S. The third-order valence-electron chi connectivity index (χ3n) is 4.51. The highest BCUT2D eigenvalue weighted by Crippen LogP contribution is 2.30. The Labute approximate surface area is 140 Å². The number of aryl methyl sites for hydroxylation is 1. The van der Waals surface area contributed by atoms with Gasteiger partial charge < -0.3 is 5.32 Å². The monoisotopic (exact) mass is 336 g/mol. The molecule has 0 radical (unpaired) electrons. The second-order valence-corrected chi connectivity index (χ2v) is 7.67. The predicted octanol–water partition coefficient (Wildman–Crippen LogP) is 2.00. The zero-order chi connectivity index (χ0) is 16.6. The molecule has 6 nitrogen and oxygen atoms in total. The van der Waals surface area contributed by atoms with Gasteiger partial charge >= 0.3 is 6.03 Å². The molecule has 1 spiro atoms. The smallest absolute Gasteiger partial charge is 0.322 e. The van der Waals surface area contributed by atoms with Crippen molar-refractivity contribution in [3.63, 3.8) is 0 Å². The van der Waals surface area contributed by atoms with E-state index < -0.39 is 5.54 Å². The first-order valence-electron chi connectivity index (χ1n) is 8.26. The summed E-state index contributed by atoms with van der Waals surface area (Å²) in [5.74, 6) is -0.0788. The highest BCUT2D eigenvalue weighted by Gasteiger charge is 2.55. The van der Waals surface area contributed by atoms with Crippen LogP contribution in [0.25, 0.3) is 0 Å². The molecule has 2 saturated heterocycles. The number of urea groups is 1. The lowest BCUT2D eigenvalue weighted by Gasteiger charge is -2.23. The molecule has 7 heteroatoms. The molecule has 2 aliphatic rings. The highest BCUT2D eigenvalue weighted by molar-refractivity contribution is 7.09. The Balaban J connectivity index is 1.66. The van der Waals surface area contributed by atoms with Gasteiger partial charge in [-0.05, 0) is 33.1 Å². The van der Waals surface area contributed by atoms with E-state index in [-0.39, 0.29) is 18.0 Å². The summed E-state index contributed by atoms with van der Waals surface area (Å²) in [6.45, 7) is 8.01. The van der Waals surface area contributed by atoms with Crippen molar-refractivity contribution in [1.82, 2.24) is 20.1 Å². The summed E-state index contributed by atoms with van der Waals surface area (Å²) < 4.78 is 0. The van der Waals surface area contributed by atoms with Crippen molar-refractivity contribution in [2.75, 3.05) is 13.1 Å². The van der Waals surface area contributed by atoms with Gasteiger partial charge in [0.25, 0.3) is 5.91 Å². The third-order valence-corrected chi connectivity index (χ3v) is 5.46. The standard InChI is InChI=1S/C16H24N4O2S/c1-4-5-13-17-12(9-23-13)8-19-7-6-16(10-19)14(21)20(11(2)3)15(22)18-16/h9,11H,4-8,10H2,1-3H3,(H,18,22)/t16-/m1/s1. The molecule has 3 heterocycles. The van der Waals surface area contributed by atoms with Crippen molar-refractivity contribution >= 4 is 23.3 Å². The number of likely N-dealkylation sites (tertiary alicyclic amines) is 1. The van der Waals surface area contributed by atoms with Crippen molar-refractivity contribution < 1.29 is 9.59 Å². The van der Waals surface area contributed by atoms with Gasteiger partial charge in [0.15, 0.2) is 0 Å². The summed E-state index contributed by atoms with van der Waals surface area (Å²) in [5, 5.41) is 6.21. The van der Waals surface area contributed by atoms with Crippen LogP contribution in [0.5, 0.6) is 0 Å². The SMILES string of the molecule is CCCc1nc(CN2CC[C@]3(C2)NC(=O)N(C(C)C)C3=O)cs1. The minimum Gasteiger partial charge on any atom is -0.322 e. The van der Waals surface area contributed by atoms with Crippen LogP contribution in [-0.2, 0) is 17.8 Å². The molecule has 1 N–H and O–H groups in total. The average molecular weight is 336 g/mol. The number of hydrogen-bond acceptors (Lipinski definition) is 5. The van der Waals surface area contributed by atoms with Gasteiger partial charge in [0, 0.05) is 31.1 Å². The lowest BCUT2D eigenvalue weighted by atomic mass is 9.98. The average Bonchev–Trinajstić information content (AvgIpc) is 3.13. The summed E-state index contributed by atoms with van der Waals surface area (Å²) in [5.41, 5.74) is 0.330. The fourth-order valence-corrected chi connectivity index (χ4v) is 4.28. The Bertz CT molecular complexity index is 615. The second-order valence-electron chi connectivity index (χ2n) is 6.72. The first kappa shape index (κ1) is 16.4. The quantitative estimate of drug-likeness (QED) is 0.835. The molecule has 0 aromatic carbocycles. The van der Waals surface area contributed by atoms with E-state index in [9.17, 15) is 9.59 Å². The minimum atomic E-state index is -0.733. The number of amides is 3. The zero-order valence-electron chi connectivity index (χ0n) is 14.0. The van der Waals surface area contributed by atoms with Crippen LogP contribution in [0.2, 0.25) is 0 Å². The molecule has 126 valence electrons. The minimum absolute atomic E-state index is 0.0788. The van der Waals surface area contributed by atoms with Gasteiger partial charge in [0.2, 0.25) is 0 Å². The molecule has 0 aliphatic carbocycles. The Morgan fingerprint density at radius 3 is 2.87 bits per heavy atom. The fraction of sp³-hybridized carbons (Fsp3) is 0.688. The number of nitrogens with zero attached hydrogens (tertiary/aromatic N) is 3. The number of hydrogen-bond donors (Lipinski definition) is 1. The first-order chi connectivity index (χ1) is 10.9. The van der Waals surface area contributed by atoms with E-state index in [2.05, 4.69) is 27.5 Å². The van der Waals surface area contributed by atoms with Crippen molar-refractivity contribution in [1.29, 1.82) is 0 Å². The maximum absolute atomic E-state index is 12.7. The number of rotatable bonds is 5. The van der Waals surface area contributed by atoms with Crippen molar-refractivity contribution in [2.24, 2.45) is 0 Å². The maximum atomic E-state index is 12.7. The molecule has 1 aromatic rings. The summed E-state index contributed by atoms with van der Waals surface area (Å²) in [6.07, 6.45) is 2.80. The van der Waals surface area contributed by atoms with Crippen molar-refractivity contribution in [2.45, 2.75) is 58.2 Å². The number of carbonyl (C=O) groups is 2. The van der Waals surface area contributed by atoms with Crippen LogP contribution in [0.15, 0.2) is 5.38 Å². The highest BCUT2D eigenvalue weighted by atomic mass is 32.1. The molecule has 3 amide bonds. The molecule has 3 rings (SSSR count). The second kappa shape index (κ2) is 6.20. The van der Waals surface area contributed by atoms with Crippen LogP contribution in [0, 0.1) is 0 Å². The van der Waals surface area contributed by atoms with Crippen LogP contribution >= 0.6 is 11.3 Å². The molecule has 2 fully saturated rings. The van der Waals surface area contributed by atoms with E-state index in [1.165, 1.54) is 9.91 Å². The molecular weight excluding hydrogens is 312 g/mol. The van der Waals surface area contributed by atoms with E-state index in [0.29, 0.717) is 13.0 Å². The lowest BCUT2D eigenvalue weighted by molar-refractivity contribution is -0.132.